The van der Waals surface area contributed by atoms with Gasteiger partial charge >= 0.3 is 10.4 Å². The van der Waals surface area contributed by atoms with Crippen LogP contribution in [0.5, 0.6) is 5.75 Å². The van der Waals surface area contributed by atoms with E-state index in [1.54, 1.807) is 6.11 Å². The summed E-state index contributed by atoms with van der Waals surface area (Å²) < 4.78 is 37.6. The van der Waals surface area contributed by atoms with Crippen molar-refractivity contribution in [3.05, 3.63) is 29.3 Å². The predicted molar refractivity (Wildman–Crippen MR) is 64.5 cm³/mol. The second-order valence-electron chi connectivity index (χ2n) is 3.10. The number of hydrogen-bond donors (Lipinski definition) is 1. The van der Waals surface area contributed by atoms with Gasteiger partial charge in [0.15, 0.2) is 6.11 Å². The van der Waals surface area contributed by atoms with Gasteiger partial charge in [-0.05, 0) is 25.0 Å². The first-order valence-corrected chi connectivity index (χ1v) is 6.56. The van der Waals surface area contributed by atoms with Crippen molar-refractivity contribution in [3.8, 4) is 17.1 Å². The minimum atomic E-state index is -4.53. The molecule has 0 saturated carbocycles. The first kappa shape index (κ1) is 13.7. The molecule has 0 amide bonds. The van der Waals surface area contributed by atoms with E-state index >= 15 is 0 Å². The van der Waals surface area contributed by atoms with Crippen molar-refractivity contribution in [2.75, 3.05) is 0 Å². The van der Waals surface area contributed by atoms with Crippen molar-refractivity contribution in [1.29, 1.82) is 0 Å². The van der Waals surface area contributed by atoms with Crippen LogP contribution in [0.2, 0.25) is 0 Å². The molecule has 7 heteroatoms. The summed E-state index contributed by atoms with van der Waals surface area (Å²) in [4.78, 5) is 0. The van der Waals surface area contributed by atoms with Crippen molar-refractivity contribution in [3.63, 3.8) is 0 Å². The van der Waals surface area contributed by atoms with E-state index in [2.05, 4.69) is 9.44 Å². The van der Waals surface area contributed by atoms with E-state index in [0.717, 1.165) is 11.1 Å². The van der Waals surface area contributed by atoms with Gasteiger partial charge in [-0.1, -0.05) is 18.2 Å². The summed E-state index contributed by atoms with van der Waals surface area (Å²) in [6, 6.07) is 5.66. The lowest BCUT2D eigenvalue weighted by atomic mass is 10.1. The van der Waals surface area contributed by atoms with Gasteiger partial charge < -0.3 is 8.37 Å². The van der Waals surface area contributed by atoms with Crippen LogP contribution in [-0.4, -0.2) is 13.0 Å². The smallest absolute Gasteiger partial charge is 0.412 e. The second-order valence-corrected chi connectivity index (χ2v) is 4.66. The maximum atomic E-state index is 10.2. The van der Waals surface area contributed by atoms with Crippen molar-refractivity contribution in [2.24, 2.45) is 0 Å². The fourth-order valence-electron chi connectivity index (χ4n) is 1.08. The third kappa shape index (κ3) is 4.99. The van der Waals surface area contributed by atoms with Gasteiger partial charge in [-0.3, -0.25) is 4.55 Å². The fraction of sp³-hybridized carbons (Fsp3) is 0.200. The van der Waals surface area contributed by atoms with Crippen LogP contribution in [0.1, 0.15) is 11.1 Å². The first-order chi connectivity index (χ1) is 7.90. The van der Waals surface area contributed by atoms with Crippen molar-refractivity contribution in [2.45, 2.75) is 13.8 Å². The van der Waals surface area contributed by atoms with E-state index < -0.39 is 10.4 Å². The Labute approximate surface area is 104 Å². The molecule has 1 aromatic rings. The molecule has 0 fully saturated rings. The third-order valence-corrected chi connectivity index (χ3v) is 2.47. The third-order valence-electron chi connectivity index (χ3n) is 1.76. The van der Waals surface area contributed by atoms with Crippen LogP contribution >= 0.6 is 12.0 Å². The van der Waals surface area contributed by atoms with Gasteiger partial charge in [-0.2, -0.15) is 8.42 Å². The van der Waals surface area contributed by atoms with Crippen LogP contribution in [0.3, 0.4) is 0 Å². The molecule has 0 aliphatic heterocycles. The standard InChI is InChI=1S/C10H10O5S2/c1-8-4-3-5-9(2)10(8)15-16-7-6-14-17(11,12)13/h3-5H,1-2H3,(H,11,12,13). The highest BCUT2D eigenvalue weighted by atomic mass is 32.3. The molecule has 0 unspecified atom stereocenters. The molecule has 92 valence electrons. The van der Waals surface area contributed by atoms with E-state index in [0.29, 0.717) is 17.8 Å². The van der Waals surface area contributed by atoms with Crippen LogP contribution < -0.4 is 4.18 Å². The molecule has 5 nitrogen and oxygen atoms in total. The van der Waals surface area contributed by atoms with Gasteiger partial charge in [0.1, 0.15) is 17.8 Å². The van der Waals surface area contributed by atoms with E-state index in [1.807, 2.05) is 32.0 Å². The molecule has 0 aliphatic carbocycles. The fourth-order valence-corrected chi connectivity index (χ4v) is 1.74. The van der Waals surface area contributed by atoms with Gasteiger partial charge in [-0.15, -0.1) is 0 Å². The van der Waals surface area contributed by atoms with Gasteiger partial charge in [0.05, 0.1) is 5.25 Å². The molecule has 1 N–H and O–H groups in total. The number of hydrogen-bond acceptors (Lipinski definition) is 5. The minimum absolute atomic E-state index is 0.665. The Morgan fingerprint density at radius 3 is 2.41 bits per heavy atom. The van der Waals surface area contributed by atoms with E-state index in [4.69, 9.17) is 8.74 Å². The molecule has 1 rings (SSSR count). The Balaban J connectivity index is 2.57. The van der Waals surface area contributed by atoms with Crippen LogP contribution in [0.25, 0.3) is 0 Å². The van der Waals surface area contributed by atoms with Crippen LogP contribution in [0, 0.1) is 25.2 Å². The molecule has 0 spiro atoms. The molecule has 1 aromatic carbocycles. The molecule has 0 aromatic heterocycles. The molecule has 0 bridgehead atoms. The van der Waals surface area contributed by atoms with E-state index in [-0.39, 0.29) is 0 Å². The summed E-state index contributed by atoms with van der Waals surface area (Å²) in [5.74, 6) is 0.665. The van der Waals surface area contributed by atoms with Gasteiger partial charge in [0, 0.05) is 0 Å². The molecular formula is C10H10O5S2. The maximum absolute atomic E-state index is 10.2. The summed E-state index contributed by atoms with van der Waals surface area (Å²) in [6.45, 7) is 3.76. The molecule has 0 atom stereocenters. The Morgan fingerprint density at radius 2 is 1.88 bits per heavy atom. The van der Waals surface area contributed by atoms with Crippen LogP contribution in [0.4, 0.5) is 0 Å². The predicted octanol–water partition coefficient (Wildman–Crippen LogP) is 2.07. The first-order valence-electron chi connectivity index (χ1n) is 4.46. The zero-order valence-corrected chi connectivity index (χ0v) is 10.8. The Hall–Kier alpha value is -1.36. The highest BCUT2D eigenvalue weighted by Crippen LogP contribution is 2.25. The Bertz CT molecular complexity index is 534. The minimum Gasteiger partial charge on any atom is -0.412 e. The van der Waals surface area contributed by atoms with Gasteiger partial charge in [-0.25, -0.2) is 0 Å². The Kier molecular flexibility index (Phi) is 4.69. The van der Waals surface area contributed by atoms with Gasteiger partial charge in [0.25, 0.3) is 0 Å². The topological polar surface area (TPSA) is 72.8 Å². The summed E-state index contributed by atoms with van der Waals surface area (Å²) in [7, 11) is -4.53. The monoisotopic (exact) mass is 274 g/mol. The highest BCUT2D eigenvalue weighted by Gasteiger charge is 2.03. The summed E-state index contributed by atoms with van der Waals surface area (Å²) >= 11 is 0.714. The van der Waals surface area contributed by atoms with Crippen LogP contribution in [-0.2, 0) is 14.6 Å². The molecule has 0 radical (unpaired) electrons. The average Bonchev–Trinajstić information content (AvgIpc) is 2.20. The van der Waals surface area contributed by atoms with E-state index in [9.17, 15) is 8.42 Å². The summed E-state index contributed by atoms with van der Waals surface area (Å²) in [5.41, 5.74) is 1.88. The zero-order chi connectivity index (χ0) is 12.9. The summed E-state index contributed by atoms with van der Waals surface area (Å²) in [5, 5.41) is 2.23. The lowest BCUT2D eigenvalue weighted by molar-refractivity contribution is 0.371. The SMILES string of the molecule is Cc1cccc(C)c1OSC#COS(=O)(=O)O. The molecule has 0 aliphatic rings. The average molecular weight is 274 g/mol. The van der Waals surface area contributed by atoms with Crippen molar-refractivity contribution < 1.29 is 21.3 Å². The number of benzene rings is 1. The summed E-state index contributed by atoms with van der Waals surface area (Å²) in [6.07, 6.45) is 1.78. The van der Waals surface area contributed by atoms with Crippen molar-refractivity contribution >= 4 is 22.4 Å². The van der Waals surface area contributed by atoms with Crippen molar-refractivity contribution in [1.82, 2.24) is 0 Å². The molecule has 17 heavy (non-hydrogen) atoms. The normalized spacial score (nSPS) is 10.3. The number of para-hydroxylation sites is 1. The quantitative estimate of drug-likeness (QED) is 0.517. The largest absolute Gasteiger partial charge is 0.454 e. The second kappa shape index (κ2) is 5.82. The molecule has 0 saturated heterocycles. The lowest BCUT2D eigenvalue weighted by Crippen LogP contribution is -1.97. The molecule has 0 heterocycles. The molecular weight excluding hydrogens is 264 g/mol. The van der Waals surface area contributed by atoms with Crippen LogP contribution in [0.15, 0.2) is 18.2 Å². The maximum Gasteiger partial charge on any atom is 0.454 e. The lowest BCUT2D eigenvalue weighted by Gasteiger charge is -2.06. The van der Waals surface area contributed by atoms with Gasteiger partial charge in [0.2, 0.25) is 0 Å². The Morgan fingerprint density at radius 1 is 1.29 bits per heavy atom. The highest BCUT2D eigenvalue weighted by molar-refractivity contribution is 7.99. The zero-order valence-electron chi connectivity index (χ0n) is 9.13. The number of aryl methyl sites for hydroxylation is 2. The number of rotatable bonds is 3. The van der Waals surface area contributed by atoms with E-state index in [1.165, 1.54) is 0 Å².